The zero-order valence-electron chi connectivity index (χ0n) is 18.4. The van der Waals surface area contributed by atoms with Crippen LogP contribution in [-0.2, 0) is 9.47 Å². The van der Waals surface area contributed by atoms with Gasteiger partial charge in [-0.3, -0.25) is 4.90 Å². The minimum atomic E-state index is -0.733. The average molecular weight is 422 g/mol. The zero-order valence-corrected chi connectivity index (χ0v) is 18.4. The Morgan fingerprint density at radius 2 is 1.80 bits per heavy atom. The molecule has 1 aromatic rings. The summed E-state index contributed by atoms with van der Waals surface area (Å²) in [6, 6.07) is 2.31. The van der Waals surface area contributed by atoms with E-state index in [2.05, 4.69) is 4.98 Å². The molecule has 0 aromatic carbocycles. The van der Waals surface area contributed by atoms with Gasteiger partial charge in [-0.15, -0.1) is 0 Å². The third-order valence-electron chi connectivity index (χ3n) is 4.20. The predicted molar refractivity (Wildman–Crippen MR) is 110 cm³/mol. The van der Waals surface area contributed by atoms with E-state index in [1.54, 1.807) is 46.4 Å². The van der Waals surface area contributed by atoms with Gasteiger partial charge in [-0.25, -0.2) is 9.59 Å². The number of piperidine rings is 1. The first-order chi connectivity index (χ1) is 13.8. The summed E-state index contributed by atoms with van der Waals surface area (Å²) in [4.78, 5) is 42.6. The quantitative estimate of drug-likeness (QED) is 0.531. The van der Waals surface area contributed by atoms with Gasteiger partial charge in [0.1, 0.15) is 11.2 Å². The number of ether oxygens (including phenoxy) is 2. The lowest BCUT2D eigenvalue weighted by atomic mass is 10.0. The molecule has 0 bridgehead atoms. The van der Waals surface area contributed by atoms with Crippen molar-refractivity contribution in [3.05, 3.63) is 28.4 Å². The van der Waals surface area contributed by atoms with E-state index in [1.807, 2.05) is 0 Å². The summed E-state index contributed by atoms with van der Waals surface area (Å²) in [6.07, 6.45) is 1.53. The van der Waals surface area contributed by atoms with Gasteiger partial charge in [0, 0.05) is 19.2 Å². The predicted octanol–water partition coefficient (Wildman–Crippen LogP) is 4.13. The van der Waals surface area contributed by atoms with Crippen LogP contribution in [0, 0.1) is 10.1 Å². The Labute approximate surface area is 176 Å². The number of hydrogen-bond donors (Lipinski definition) is 0. The van der Waals surface area contributed by atoms with Crippen molar-refractivity contribution in [2.24, 2.45) is 0 Å². The van der Waals surface area contributed by atoms with Crippen LogP contribution in [-0.4, -0.2) is 57.3 Å². The van der Waals surface area contributed by atoms with Crippen molar-refractivity contribution in [2.45, 2.75) is 71.6 Å². The Morgan fingerprint density at radius 3 is 2.30 bits per heavy atom. The number of amides is 2. The molecule has 2 rings (SSSR count). The van der Waals surface area contributed by atoms with E-state index in [-0.39, 0.29) is 18.4 Å². The van der Waals surface area contributed by atoms with Gasteiger partial charge in [0.05, 0.1) is 11.7 Å². The van der Waals surface area contributed by atoms with Crippen LogP contribution in [0.3, 0.4) is 0 Å². The first-order valence-corrected chi connectivity index (χ1v) is 9.87. The monoisotopic (exact) mass is 422 g/mol. The highest BCUT2D eigenvalue weighted by atomic mass is 16.6. The number of nitro groups is 1. The summed E-state index contributed by atoms with van der Waals surface area (Å²) in [5.41, 5.74) is -0.994. The van der Waals surface area contributed by atoms with Gasteiger partial charge in [0.15, 0.2) is 6.20 Å². The van der Waals surface area contributed by atoms with Crippen molar-refractivity contribution >= 4 is 23.7 Å². The third kappa shape index (κ3) is 6.57. The Kier molecular flexibility index (Phi) is 6.89. The molecule has 0 unspecified atom stereocenters. The first kappa shape index (κ1) is 23.4. The molecule has 0 saturated carbocycles. The van der Waals surface area contributed by atoms with Crippen LogP contribution >= 0.6 is 0 Å². The molecule has 30 heavy (non-hydrogen) atoms. The Balaban J connectivity index is 2.30. The van der Waals surface area contributed by atoms with Gasteiger partial charge in [0.2, 0.25) is 0 Å². The molecule has 166 valence electrons. The molecule has 2 amide bonds. The van der Waals surface area contributed by atoms with E-state index in [0.717, 1.165) is 0 Å². The maximum atomic E-state index is 13.0. The number of carbonyl (C=O) groups is 2. The van der Waals surface area contributed by atoms with E-state index < -0.39 is 28.3 Å². The summed E-state index contributed by atoms with van der Waals surface area (Å²) >= 11 is 0. The highest BCUT2D eigenvalue weighted by Gasteiger charge is 2.36. The Bertz CT molecular complexity index is 782. The van der Waals surface area contributed by atoms with Crippen LogP contribution in [0.25, 0.3) is 0 Å². The number of carbonyl (C=O) groups excluding carboxylic acids is 2. The van der Waals surface area contributed by atoms with E-state index in [4.69, 9.17) is 9.47 Å². The molecule has 0 aliphatic carbocycles. The second-order valence-electron chi connectivity index (χ2n) is 9.20. The molecule has 1 aliphatic heterocycles. The Morgan fingerprint density at radius 1 is 1.17 bits per heavy atom. The number of aromatic nitrogens is 1. The summed E-state index contributed by atoms with van der Waals surface area (Å²) in [5, 5.41) is 10.9. The van der Waals surface area contributed by atoms with E-state index in [9.17, 15) is 19.7 Å². The zero-order chi connectivity index (χ0) is 22.7. The standard InChI is InChI=1S/C20H30N4O6/c1-19(2,3)29-17(25)22-11-7-8-15(13-22)23(18(26)30-20(4,5)6)14-9-10-16(21-12-14)24(27)28/h9-10,12,15H,7-8,11,13H2,1-6H3/t15-/m1/s1. The molecule has 0 spiro atoms. The van der Waals surface area contributed by atoms with E-state index >= 15 is 0 Å². The number of anilines is 1. The van der Waals surface area contributed by atoms with Crippen LogP contribution in [0.4, 0.5) is 21.1 Å². The highest BCUT2D eigenvalue weighted by Crippen LogP contribution is 2.27. The van der Waals surface area contributed by atoms with Crippen molar-refractivity contribution in [3.63, 3.8) is 0 Å². The smallest absolute Gasteiger partial charge is 0.415 e. The van der Waals surface area contributed by atoms with Crippen molar-refractivity contribution in [3.8, 4) is 0 Å². The molecule has 1 aliphatic rings. The molecular formula is C20H30N4O6. The SMILES string of the molecule is CC(C)(C)OC(=O)N1CCC[C@@H](N(C(=O)OC(C)(C)C)c2ccc([N+](=O)[O-])nc2)C1. The van der Waals surface area contributed by atoms with Crippen LogP contribution in [0.5, 0.6) is 0 Å². The summed E-state index contributed by atoms with van der Waals surface area (Å²) < 4.78 is 11.0. The van der Waals surface area contributed by atoms with Crippen LogP contribution < -0.4 is 4.90 Å². The fraction of sp³-hybridized carbons (Fsp3) is 0.650. The van der Waals surface area contributed by atoms with Crippen LogP contribution in [0.15, 0.2) is 18.3 Å². The normalized spacial score (nSPS) is 17.3. The summed E-state index contributed by atoms with van der Waals surface area (Å²) in [7, 11) is 0. The highest BCUT2D eigenvalue weighted by molar-refractivity contribution is 5.88. The topological polar surface area (TPSA) is 115 Å². The van der Waals surface area contributed by atoms with Crippen molar-refractivity contribution in [2.75, 3.05) is 18.0 Å². The minimum Gasteiger partial charge on any atom is -0.444 e. The van der Waals surface area contributed by atoms with E-state index in [1.165, 1.54) is 23.2 Å². The second-order valence-corrected chi connectivity index (χ2v) is 9.20. The number of rotatable bonds is 3. The van der Waals surface area contributed by atoms with Gasteiger partial charge in [-0.05, 0) is 70.4 Å². The van der Waals surface area contributed by atoms with Crippen molar-refractivity contribution < 1.29 is 24.0 Å². The molecule has 2 heterocycles. The average Bonchev–Trinajstić information content (AvgIpc) is 2.59. The van der Waals surface area contributed by atoms with Gasteiger partial charge < -0.3 is 24.5 Å². The number of nitrogens with zero attached hydrogens (tertiary/aromatic N) is 4. The van der Waals surface area contributed by atoms with Crippen molar-refractivity contribution in [1.29, 1.82) is 0 Å². The summed E-state index contributed by atoms with van der Waals surface area (Å²) in [6.45, 7) is 11.4. The fourth-order valence-corrected chi connectivity index (χ4v) is 3.06. The van der Waals surface area contributed by atoms with Gasteiger partial charge >= 0.3 is 18.0 Å². The molecule has 10 nitrogen and oxygen atoms in total. The van der Waals surface area contributed by atoms with Crippen LogP contribution in [0.1, 0.15) is 54.4 Å². The lowest BCUT2D eigenvalue weighted by Crippen LogP contribution is -2.53. The molecule has 0 radical (unpaired) electrons. The third-order valence-corrected chi connectivity index (χ3v) is 4.20. The fourth-order valence-electron chi connectivity index (χ4n) is 3.06. The lowest BCUT2D eigenvalue weighted by Gasteiger charge is -2.39. The van der Waals surface area contributed by atoms with Gasteiger partial charge in [-0.2, -0.15) is 0 Å². The van der Waals surface area contributed by atoms with Crippen LogP contribution in [0.2, 0.25) is 0 Å². The molecule has 1 saturated heterocycles. The number of hydrogen-bond acceptors (Lipinski definition) is 7. The molecule has 10 heteroatoms. The number of likely N-dealkylation sites (tertiary alicyclic amines) is 1. The number of pyridine rings is 1. The van der Waals surface area contributed by atoms with E-state index in [0.29, 0.717) is 25.1 Å². The molecular weight excluding hydrogens is 392 g/mol. The first-order valence-electron chi connectivity index (χ1n) is 9.87. The molecule has 1 atom stereocenters. The van der Waals surface area contributed by atoms with Gasteiger partial charge in [0.25, 0.3) is 0 Å². The summed E-state index contributed by atoms with van der Waals surface area (Å²) in [5.74, 6) is -0.318. The lowest BCUT2D eigenvalue weighted by molar-refractivity contribution is -0.389. The second kappa shape index (κ2) is 8.85. The molecule has 0 N–H and O–H groups in total. The Hall–Kier alpha value is -2.91. The van der Waals surface area contributed by atoms with Crippen molar-refractivity contribution in [1.82, 2.24) is 9.88 Å². The molecule has 1 aromatic heterocycles. The maximum Gasteiger partial charge on any atom is 0.415 e. The largest absolute Gasteiger partial charge is 0.444 e. The molecule has 1 fully saturated rings. The van der Waals surface area contributed by atoms with Gasteiger partial charge in [-0.1, -0.05) is 0 Å². The maximum absolute atomic E-state index is 13.0. The minimum absolute atomic E-state index is 0.255.